The SMILES string of the molecule is COc1ccc(-c2ccc3nc(CNC(=O)c4ccn(C(C)(C)C)n4)[nH]c3n2)cc1. The first-order valence-electron chi connectivity index (χ1n) is 9.68. The smallest absolute Gasteiger partial charge is 0.272 e. The van der Waals surface area contributed by atoms with Crippen LogP contribution in [0.1, 0.15) is 37.1 Å². The third-order valence-corrected chi connectivity index (χ3v) is 4.70. The highest BCUT2D eigenvalue weighted by atomic mass is 16.5. The summed E-state index contributed by atoms with van der Waals surface area (Å²) in [5.41, 5.74) is 3.43. The Labute approximate surface area is 174 Å². The van der Waals surface area contributed by atoms with Gasteiger partial charge in [0.25, 0.3) is 5.91 Å². The van der Waals surface area contributed by atoms with E-state index in [4.69, 9.17) is 4.74 Å². The number of carbonyl (C=O) groups is 1. The molecule has 0 bridgehead atoms. The van der Waals surface area contributed by atoms with E-state index in [9.17, 15) is 4.79 Å². The standard InChI is InChI=1S/C22H24N6O2/c1-22(2,3)28-12-11-18(27-28)21(29)23-13-19-24-17-10-9-16(25-20(17)26-19)14-5-7-15(30-4)8-6-14/h5-12H,13H2,1-4H3,(H,23,29)(H,24,25,26). The number of benzene rings is 1. The number of ether oxygens (including phenoxy) is 1. The summed E-state index contributed by atoms with van der Waals surface area (Å²) in [6, 6.07) is 13.3. The van der Waals surface area contributed by atoms with E-state index in [0.29, 0.717) is 17.2 Å². The number of fused-ring (bicyclic) bond motifs is 1. The van der Waals surface area contributed by atoms with Gasteiger partial charge >= 0.3 is 0 Å². The molecule has 30 heavy (non-hydrogen) atoms. The van der Waals surface area contributed by atoms with Crippen LogP contribution in [0.2, 0.25) is 0 Å². The second kappa shape index (κ2) is 7.62. The van der Waals surface area contributed by atoms with Gasteiger partial charge in [0.2, 0.25) is 0 Å². The van der Waals surface area contributed by atoms with Gasteiger partial charge in [-0.05, 0) is 63.2 Å². The summed E-state index contributed by atoms with van der Waals surface area (Å²) in [5, 5.41) is 7.20. The van der Waals surface area contributed by atoms with Gasteiger partial charge in [-0.15, -0.1) is 0 Å². The Morgan fingerprint density at radius 3 is 2.53 bits per heavy atom. The molecule has 0 saturated heterocycles. The number of nitrogens with zero attached hydrogens (tertiary/aromatic N) is 4. The maximum Gasteiger partial charge on any atom is 0.272 e. The summed E-state index contributed by atoms with van der Waals surface area (Å²) < 4.78 is 6.97. The van der Waals surface area contributed by atoms with Crippen LogP contribution in [-0.4, -0.2) is 37.7 Å². The Balaban J connectivity index is 1.47. The van der Waals surface area contributed by atoms with Crippen LogP contribution in [0, 0.1) is 0 Å². The maximum absolute atomic E-state index is 12.4. The fraction of sp³-hybridized carbons (Fsp3) is 0.273. The molecular weight excluding hydrogens is 380 g/mol. The number of hydrogen-bond donors (Lipinski definition) is 2. The average Bonchev–Trinajstić information content (AvgIpc) is 3.38. The number of amides is 1. The molecule has 4 aromatic rings. The zero-order chi connectivity index (χ0) is 21.3. The summed E-state index contributed by atoms with van der Waals surface area (Å²) in [4.78, 5) is 24.7. The number of methoxy groups -OCH3 is 1. The van der Waals surface area contributed by atoms with Gasteiger partial charge in [0.1, 0.15) is 22.8 Å². The third-order valence-electron chi connectivity index (χ3n) is 4.70. The predicted molar refractivity (Wildman–Crippen MR) is 114 cm³/mol. The molecule has 3 heterocycles. The molecule has 8 heteroatoms. The van der Waals surface area contributed by atoms with Crippen LogP contribution in [0.4, 0.5) is 0 Å². The lowest BCUT2D eigenvalue weighted by molar-refractivity contribution is 0.0943. The van der Waals surface area contributed by atoms with E-state index in [2.05, 4.69) is 25.4 Å². The number of nitrogens with one attached hydrogen (secondary N) is 2. The first kappa shape index (κ1) is 19.6. The summed E-state index contributed by atoms with van der Waals surface area (Å²) >= 11 is 0. The van der Waals surface area contributed by atoms with Gasteiger partial charge in [-0.3, -0.25) is 9.48 Å². The van der Waals surface area contributed by atoms with E-state index in [0.717, 1.165) is 22.5 Å². The van der Waals surface area contributed by atoms with Crippen molar-refractivity contribution in [1.29, 1.82) is 0 Å². The van der Waals surface area contributed by atoms with Crippen molar-refractivity contribution >= 4 is 17.1 Å². The molecule has 0 saturated carbocycles. The minimum Gasteiger partial charge on any atom is -0.497 e. The predicted octanol–water partition coefficient (Wildman–Crippen LogP) is 3.52. The van der Waals surface area contributed by atoms with Crippen LogP contribution in [0.15, 0.2) is 48.7 Å². The normalized spacial score (nSPS) is 11.6. The number of H-pyrrole nitrogens is 1. The second-order valence-corrected chi connectivity index (χ2v) is 7.98. The van der Waals surface area contributed by atoms with E-state index in [1.54, 1.807) is 24.1 Å². The number of hydrogen-bond acceptors (Lipinski definition) is 5. The van der Waals surface area contributed by atoms with Gasteiger partial charge in [-0.25, -0.2) is 9.97 Å². The Morgan fingerprint density at radius 1 is 1.10 bits per heavy atom. The second-order valence-electron chi connectivity index (χ2n) is 7.98. The van der Waals surface area contributed by atoms with Gasteiger partial charge in [-0.2, -0.15) is 5.10 Å². The molecule has 0 atom stereocenters. The summed E-state index contributed by atoms with van der Waals surface area (Å²) in [6.07, 6.45) is 1.81. The zero-order valence-corrected chi connectivity index (χ0v) is 17.4. The molecule has 0 fully saturated rings. The maximum atomic E-state index is 12.4. The van der Waals surface area contributed by atoms with Gasteiger partial charge < -0.3 is 15.0 Å². The Hall–Kier alpha value is -3.68. The van der Waals surface area contributed by atoms with Crippen LogP contribution >= 0.6 is 0 Å². The van der Waals surface area contributed by atoms with Crippen molar-refractivity contribution in [3.05, 3.63) is 60.2 Å². The number of rotatable bonds is 5. The zero-order valence-electron chi connectivity index (χ0n) is 17.4. The van der Waals surface area contributed by atoms with Crippen molar-refractivity contribution in [2.45, 2.75) is 32.9 Å². The molecule has 154 valence electrons. The lowest BCUT2D eigenvalue weighted by atomic mass is 10.1. The lowest BCUT2D eigenvalue weighted by Crippen LogP contribution is -2.26. The van der Waals surface area contributed by atoms with Crippen molar-refractivity contribution in [2.75, 3.05) is 7.11 Å². The van der Waals surface area contributed by atoms with Crippen LogP contribution in [0.25, 0.3) is 22.4 Å². The summed E-state index contributed by atoms with van der Waals surface area (Å²) in [6.45, 7) is 6.35. The molecule has 0 aliphatic heterocycles. The Kier molecular flexibility index (Phi) is 4.99. The number of carbonyl (C=O) groups excluding carboxylic acids is 1. The lowest BCUT2D eigenvalue weighted by Gasteiger charge is -2.18. The minimum atomic E-state index is -0.245. The molecule has 0 radical (unpaired) electrons. The van der Waals surface area contributed by atoms with Crippen LogP contribution in [0.5, 0.6) is 5.75 Å². The molecule has 0 aliphatic rings. The molecule has 4 rings (SSSR count). The van der Waals surface area contributed by atoms with E-state index in [-0.39, 0.29) is 18.0 Å². The highest BCUT2D eigenvalue weighted by Gasteiger charge is 2.17. The number of aromatic amines is 1. The highest BCUT2D eigenvalue weighted by molar-refractivity contribution is 5.92. The van der Waals surface area contributed by atoms with Gasteiger partial charge in [0.05, 0.1) is 24.9 Å². The molecule has 1 aromatic carbocycles. The van der Waals surface area contributed by atoms with E-state index >= 15 is 0 Å². The molecule has 3 aromatic heterocycles. The van der Waals surface area contributed by atoms with Crippen molar-refractivity contribution in [3.63, 3.8) is 0 Å². The monoisotopic (exact) mass is 404 g/mol. The van der Waals surface area contributed by atoms with Crippen molar-refractivity contribution in [1.82, 2.24) is 30.0 Å². The molecule has 0 unspecified atom stereocenters. The van der Waals surface area contributed by atoms with E-state index in [1.165, 1.54) is 0 Å². The van der Waals surface area contributed by atoms with Crippen LogP contribution < -0.4 is 10.1 Å². The fourth-order valence-corrected chi connectivity index (χ4v) is 3.02. The third kappa shape index (κ3) is 4.03. The van der Waals surface area contributed by atoms with E-state index in [1.807, 2.05) is 57.2 Å². The van der Waals surface area contributed by atoms with E-state index < -0.39 is 0 Å². The summed E-state index contributed by atoms with van der Waals surface area (Å²) in [7, 11) is 1.64. The molecule has 0 aliphatic carbocycles. The first-order valence-corrected chi connectivity index (χ1v) is 9.68. The van der Waals surface area contributed by atoms with Gasteiger partial charge in [0, 0.05) is 11.8 Å². The molecule has 2 N–H and O–H groups in total. The molecule has 1 amide bonds. The highest BCUT2D eigenvalue weighted by Crippen LogP contribution is 2.22. The minimum absolute atomic E-state index is 0.176. The summed E-state index contributed by atoms with van der Waals surface area (Å²) in [5.74, 6) is 1.19. The molecule has 0 spiro atoms. The van der Waals surface area contributed by atoms with Crippen molar-refractivity contribution < 1.29 is 9.53 Å². The number of aromatic nitrogens is 5. The average molecular weight is 404 g/mol. The first-order chi connectivity index (χ1) is 14.3. The topological polar surface area (TPSA) is 97.7 Å². The van der Waals surface area contributed by atoms with Crippen LogP contribution in [0.3, 0.4) is 0 Å². The van der Waals surface area contributed by atoms with Crippen molar-refractivity contribution in [2.24, 2.45) is 0 Å². The largest absolute Gasteiger partial charge is 0.497 e. The van der Waals surface area contributed by atoms with Gasteiger partial charge in [0.15, 0.2) is 5.65 Å². The van der Waals surface area contributed by atoms with Gasteiger partial charge in [-0.1, -0.05) is 0 Å². The number of imidazole rings is 1. The van der Waals surface area contributed by atoms with Crippen molar-refractivity contribution in [3.8, 4) is 17.0 Å². The fourth-order valence-electron chi connectivity index (χ4n) is 3.02. The molecule has 8 nitrogen and oxygen atoms in total. The van der Waals surface area contributed by atoms with Crippen LogP contribution in [-0.2, 0) is 12.1 Å². The molecular formula is C22H24N6O2. The Bertz CT molecular complexity index is 1180. The Morgan fingerprint density at radius 2 is 1.87 bits per heavy atom. The number of pyridine rings is 1. The quantitative estimate of drug-likeness (QED) is 0.530.